The van der Waals surface area contributed by atoms with Crippen molar-refractivity contribution in [2.24, 2.45) is 0 Å². The summed E-state index contributed by atoms with van der Waals surface area (Å²) in [4.78, 5) is 15.6. The molecule has 0 aromatic carbocycles. The second kappa shape index (κ2) is 7.31. The third-order valence-electron chi connectivity index (χ3n) is 3.73. The number of carbonyl (C=O) groups excluding carboxylic acids is 1. The number of ether oxygens (including phenoxy) is 1. The number of hydrogen-bond acceptors (Lipinski definition) is 4. The topological polar surface area (TPSA) is 52.3 Å². The summed E-state index contributed by atoms with van der Waals surface area (Å²) in [7, 11) is 0. The lowest BCUT2D eigenvalue weighted by Crippen LogP contribution is -2.04. The van der Waals surface area contributed by atoms with Crippen molar-refractivity contribution < 1.29 is 13.9 Å². The van der Waals surface area contributed by atoms with Gasteiger partial charge in [-0.3, -0.25) is 0 Å². The first kappa shape index (κ1) is 14.1. The summed E-state index contributed by atoms with van der Waals surface area (Å²) in [6.07, 6.45) is 11.7. The van der Waals surface area contributed by atoms with E-state index in [-0.39, 0.29) is 5.89 Å². The van der Waals surface area contributed by atoms with E-state index in [1.807, 2.05) is 0 Å². The van der Waals surface area contributed by atoms with Crippen molar-refractivity contribution in [3.63, 3.8) is 0 Å². The molecule has 0 aliphatic heterocycles. The molecule has 1 aromatic heterocycles. The zero-order valence-electron chi connectivity index (χ0n) is 11.7. The maximum atomic E-state index is 11.5. The first-order valence-corrected chi connectivity index (χ1v) is 7.44. The van der Waals surface area contributed by atoms with E-state index in [0.717, 1.165) is 18.6 Å². The molecule has 0 amide bonds. The third kappa shape index (κ3) is 4.08. The number of carbonyl (C=O) groups is 1. The molecule has 19 heavy (non-hydrogen) atoms. The van der Waals surface area contributed by atoms with Crippen LogP contribution in [0.3, 0.4) is 0 Å². The molecule has 0 atom stereocenters. The van der Waals surface area contributed by atoms with Crippen LogP contribution < -0.4 is 0 Å². The summed E-state index contributed by atoms with van der Waals surface area (Å²) < 4.78 is 10.5. The van der Waals surface area contributed by atoms with Gasteiger partial charge in [-0.25, -0.2) is 9.78 Å². The molecule has 1 aliphatic rings. The van der Waals surface area contributed by atoms with Crippen LogP contribution in [0.4, 0.5) is 0 Å². The smallest absolute Gasteiger partial charge is 0.394 e. The van der Waals surface area contributed by atoms with Crippen LogP contribution in [0, 0.1) is 0 Å². The Labute approximate surface area is 114 Å². The Hall–Kier alpha value is -1.32. The molecule has 1 aliphatic carbocycles. The van der Waals surface area contributed by atoms with Gasteiger partial charge in [-0.05, 0) is 19.8 Å². The maximum Gasteiger partial charge on any atom is 0.394 e. The molecular weight excluding hydrogens is 242 g/mol. The predicted octanol–water partition coefficient (Wildman–Crippen LogP) is 4.07. The molecule has 0 N–H and O–H groups in total. The predicted molar refractivity (Wildman–Crippen MR) is 72.1 cm³/mol. The third-order valence-corrected chi connectivity index (χ3v) is 3.73. The highest BCUT2D eigenvalue weighted by atomic mass is 16.5. The SMILES string of the molecule is CCOC(=O)c1ncc(C2CCCCCCCC2)o1. The van der Waals surface area contributed by atoms with E-state index in [4.69, 9.17) is 9.15 Å². The van der Waals surface area contributed by atoms with Crippen molar-refractivity contribution in [1.82, 2.24) is 4.98 Å². The van der Waals surface area contributed by atoms with E-state index >= 15 is 0 Å². The average Bonchev–Trinajstić information content (AvgIpc) is 2.92. The second-order valence-electron chi connectivity index (χ2n) is 5.18. The van der Waals surface area contributed by atoms with Crippen LogP contribution >= 0.6 is 0 Å². The molecule has 0 bridgehead atoms. The summed E-state index contributed by atoms with van der Waals surface area (Å²) in [5, 5.41) is 0. The lowest BCUT2D eigenvalue weighted by molar-refractivity contribution is 0.0478. The van der Waals surface area contributed by atoms with E-state index in [1.165, 1.54) is 38.5 Å². The van der Waals surface area contributed by atoms with E-state index in [0.29, 0.717) is 12.5 Å². The molecule has 4 nitrogen and oxygen atoms in total. The van der Waals surface area contributed by atoms with E-state index in [9.17, 15) is 4.79 Å². The van der Waals surface area contributed by atoms with Gasteiger partial charge in [0.15, 0.2) is 0 Å². The van der Waals surface area contributed by atoms with E-state index in [1.54, 1.807) is 13.1 Å². The van der Waals surface area contributed by atoms with Gasteiger partial charge in [0.25, 0.3) is 0 Å². The maximum absolute atomic E-state index is 11.5. The van der Waals surface area contributed by atoms with Crippen LogP contribution in [0.15, 0.2) is 10.6 Å². The van der Waals surface area contributed by atoms with Crippen molar-refractivity contribution in [3.05, 3.63) is 17.8 Å². The van der Waals surface area contributed by atoms with Gasteiger partial charge in [-0.15, -0.1) is 0 Å². The average molecular weight is 265 g/mol. The summed E-state index contributed by atoms with van der Waals surface area (Å²) in [5.41, 5.74) is 0. The zero-order valence-corrected chi connectivity index (χ0v) is 11.7. The normalized spacial score (nSPS) is 18.4. The van der Waals surface area contributed by atoms with Crippen LogP contribution in [0.25, 0.3) is 0 Å². The van der Waals surface area contributed by atoms with Crippen LogP contribution in [-0.2, 0) is 4.74 Å². The first-order chi connectivity index (χ1) is 9.31. The van der Waals surface area contributed by atoms with Crippen molar-refractivity contribution in [3.8, 4) is 0 Å². The molecule has 0 unspecified atom stereocenters. The van der Waals surface area contributed by atoms with Gasteiger partial charge in [0.2, 0.25) is 0 Å². The lowest BCUT2D eigenvalue weighted by atomic mass is 9.95. The highest BCUT2D eigenvalue weighted by Crippen LogP contribution is 2.30. The van der Waals surface area contributed by atoms with E-state index < -0.39 is 5.97 Å². The minimum Gasteiger partial charge on any atom is -0.459 e. The fraction of sp³-hybridized carbons (Fsp3) is 0.733. The van der Waals surface area contributed by atoms with Gasteiger partial charge in [-0.2, -0.15) is 0 Å². The molecular formula is C15H23NO3. The molecule has 0 saturated heterocycles. The number of hydrogen-bond donors (Lipinski definition) is 0. The molecule has 1 aromatic rings. The molecule has 0 radical (unpaired) electrons. The molecule has 0 spiro atoms. The van der Waals surface area contributed by atoms with Crippen molar-refractivity contribution >= 4 is 5.97 Å². The van der Waals surface area contributed by atoms with Crippen LogP contribution in [0.2, 0.25) is 0 Å². The van der Waals surface area contributed by atoms with Crippen LogP contribution in [0.5, 0.6) is 0 Å². The summed E-state index contributed by atoms with van der Waals surface area (Å²) in [5.74, 6) is 0.896. The summed E-state index contributed by atoms with van der Waals surface area (Å²) >= 11 is 0. The van der Waals surface area contributed by atoms with Crippen molar-refractivity contribution in [2.45, 2.75) is 64.2 Å². The van der Waals surface area contributed by atoms with Gasteiger partial charge < -0.3 is 9.15 Å². The summed E-state index contributed by atoms with van der Waals surface area (Å²) in [6.45, 7) is 2.13. The highest BCUT2D eigenvalue weighted by molar-refractivity contribution is 5.84. The number of esters is 1. The molecule has 1 saturated carbocycles. The van der Waals surface area contributed by atoms with Gasteiger partial charge in [-0.1, -0.05) is 38.5 Å². The van der Waals surface area contributed by atoms with E-state index in [2.05, 4.69) is 4.98 Å². The molecule has 2 rings (SSSR count). The fourth-order valence-electron chi connectivity index (χ4n) is 2.68. The second-order valence-corrected chi connectivity index (χ2v) is 5.18. The largest absolute Gasteiger partial charge is 0.459 e. The summed E-state index contributed by atoms with van der Waals surface area (Å²) in [6, 6.07) is 0. The lowest BCUT2D eigenvalue weighted by Gasteiger charge is -2.11. The van der Waals surface area contributed by atoms with Crippen LogP contribution in [-0.4, -0.2) is 17.6 Å². The molecule has 4 heteroatoms. The number of aromatic nitrogens is 1. The molecule has 1 fully saturated rings. The van der Waals surface area contributed by atoms with Crippen molar-refractivity contribution in [2.75, 3.05) is 6.61 Å². The quantitative estimate of drug-likeness (QED) is 0.773. The Kier molecular flexibility index (Phi) is 5.43. The highest BCUT2D eigenvalue weighted by Gasteiger charge is 2.20. The number of rotatable bonds is 3. The van der Waals surface area contributed by atoms with Crippen LogP contribution in [0.1, 0.15) is 80.7 Å². The minimum atomic E-state index is -0.461. The zero-order chi connectivity index (χ0) is 13.5. The monoisotopic (exact) mass is 265 g/mol. The Morgan fingerprint density at radius 2 is 1.89 bits per heavy atom. The number of oxazole rings is 1. The Balaban J connectivity index is 2.00. The first-order valence-electron chi connectivity index (χ1n) is 7.44. The van der Waals surface area contributed by atoms with Crippen molar-refractivity contribution in [1.29, 1.82) is 0 Å². The molecule has 1 heterocycles. The van der Waals surface area contributed by atoms with Gasteiger partial charge in [0.05, 0.1) is 12.8 Å². The van der Waals surface area contributed by atoms with Gasteiger partial charge in [0.1, 0.15) is 5.76 Å². The number of nitrogens with zero attached hydrogens (tertiary/aromatic N) is 1. The fourth-order valence-corrected chi connectivity index (χ4v) is 2.68. The minimum absolute atomic E-state index is 0.0942. The Morgan fingerprint density at radius 1 is 1.26 bits per heavy atom. The Morgan fingerprint density at radius 3 is 2.53 bits per heavy atom. The Bertz CT molecular complexity index is 390. The standard InChI is InChI=1S/C15H23NO3/c1-2-18-15(17)14-16-11-13(19-14)12-9-7-5-3-4-6-8-10-12/h11-12H,2-10H2,1H3. The van der Waals surface area contributed by atoms with Gasteiger partial charge in [0, 0.05) is 5.92 Å². The molecule has 106 valence electrons. The van der Waals surface area contributed by atoms with Gasteiger partial charge >= 0.3 is 11.9 Å².